The van der Waals surface area contributed by atoms with Crippen molar-refractivity contribution in [2.45, 2.75) is 105 Å². The van der Waals surface area contributed by atoms with Crippen molar-refractivity contribution in [1.29, 1.82) is 0 Å². The van der Waals surface area contributed by atoms with E-state index in [1.165, 1.54) is 0 Å². The van der Waals surface area contributed by atoms with Gasteiger partial charge in [-0.2, -0.15) is 0 Å². The van der Waals surface area contributed by atoms with Crippen LogP contribution in [0, 0.1) is 0 Å². The third-order valence-corrected chi connectivity index (χ3v) is 8.67. The second kappa shape index (κ2) is 10.9. The molecule has 0 aromatic carbocycles. The molecule has 0 heterocycles. The molecule has 0 aliphatic heterocycles. The molecular weight excluding hydrogens is 312 g/mol. The van der Waals surface area contributed by atoms with Crippen molar-refractivity contribution < 1.29 is 17.7 Å². The van der Waals surface area contributed by atoms with E-state index in [-0.39, 0.29) is 24.4 Å². The largest absolute Gasteiger partial charge is 0.394 e. The molecule has 0 spiro atoms. The predicted molar refractivity (Wildman–Crippen MR) is 97.9 cm³/mol. The first-order chi connectivity index (χ1) is 10.0. The molecule has 0 aromatic heterocycles. The molecule has 0 aliphatic carbocycles. The molecule has 0 bridgehead atoms. The van der Waals surface area contributed by atoms with Crippen molar-refractivity contribution in [3.8, 4) is 0 Å². The Morgan fingerprint density at radius 2 is 1.14 bits per heavy atom. The van der Waals surface area contributed by atoms with E-state index in [9.17, 15) is 0 Å². The van der Waals surface area contributed by atoms with Gasteiger partial charge in [-0.05, 0) is 80.4 Å². The van der Waals surface area contributed by atoms with Crippen molar-refractivity contribution in [3.63, 3.8) is 0 Å². The monoisotopic (exact) mass is 350 g/mol. The molecule has 0 aromatic rings. The number of hydrogen-bond acceptors (Lipinski definition) is 4. The molecule has 0 saturated heterocycles. The molecule has 0 aliphatic rings. The summed E-state index contributed by atoms with van der Waals surface area (Å²) in [5.41, 5.74) is 0. The van der Waals surface area contributed by atoms with Crippen molar-refractivity contribution in [3.05, 3.63) is 0 Å². The minimum Gasteiger partial charge on any atom is -0.394 e. The summed E-state index contributed by atoms with van der Waals surface area (Å²) >= 11 is 0. The van der Waals surface area contributed by atoms with Gasteiger partial charge in [0.15, 0.2) is 0 Å². The molecule has 22 heavy (non-hydrogen) atoms. The Balaban J connectivity index is 4.48. The van der Waals surface area contributed by atoms with Gasteiger partial charge >= 0.3 is 17.8 Å². The topological polar surface area (TPSA) is 36.9 Å². The highest BCUT2D eigenvalue weighted by Crippen LogP contribution is 2.22. The summed E-state index contributed by atoms with van der Waals surface area (Å²) in [5.74, 6) is 0. The molecular formula is C16H38O4Si2. The van der Waals surface area contributed by atoms with Crippen molar-refractivity contribution in [2.24, 2.45) is 0 Å². The van der Waals surface area contributed by atoms with Gasteiger partial charge in [-0.3, -0.25) is 0 Å². The van der Waals surface area contributed by atoms with Crippen molar-refractivity contribution in [2.75, 3.05) is 0 Å². The molecule has 0 rings (SSSR count). The van der Waals surface area contributed by atoms with Gasteiger partial charge in [-0.25, -0.2) is 0 Å². The summed E-state index contributed by atoms with van der Waals surface area (Å²) in [5, 5.41) is 0. The molecule has 0 radical (unpaired) electrons. The second-order valence-corrected chi connectivity index (χ2v) is 12.4. The van der Waals surface area contributed by atoms with Gasteiger partial charge in [0.1, 0.15) is 0 Å². The van der Waals surface area contributed by atoms with E-state index >= 15 is 0 Å². The van der Waals surface area contributed by atoms with Gasteiger partial charge < -0.3 is 17.7 Å². The van der Waals surface area contributed by atoms with E-state index < -0.39 is 17.8 Å². The van der Waals surface area contributed by atoms with Crippen LogP contribution < -0.4 is 0 Å². The summed E-state index contributed by atoms with van der Waals surface area (Å²) in [4.78, 5) is 0. The summed E-state index contributed by atoms with van der Waals surface area (Å²) in [7, 11) is -3.71. The fraction of sp³-hybridized carbons (Fsp3) is 1.00. The first-order valence-corrected chi connectivity index (χ1v) is 13.0. The molecule has 4 nitrogen and oxygen atoms in total. The van der Waals surface area contributed by atoms with Crippen molar-refractivity contribution in [1.82, 2.24) is 0 Å². The normalized spacial score (nSPS) is 13.4. The van der Waals surface area contributed by atoms with Gasteiger partial charge in [0, 0.05) is 24.4 Å². The minimum absolute atomic E-state index is 0.210. The molecule has 0 saturated carbocycles. The second-order valence-electron chi connectivity index (χ2n) is 7.16. The van der Waals surface area contributed by atoms with Crippen LogP contribution in [0.5, 0.6) is 0 Å². The summed E-state index contributed by atoms with van der Waals surface area (Å²) in [6, 6.07) is 2.01. The maximum Gasteiger partial charge on any atom is 0.335 e. The Kier molecular flexibility index (Phi) is 11.1. The van der Waals surface area contributed by atoms with Crippen LogP contribution in [0.4, 0.5) is 0 Å². The van der Waals surface area contributed by atoms with Gasteiger partial charge in [0.25, 0.3) is 0 Å². The average Bonchev–Trinajstić information content (AvgIpc) is 2.23. The van der Waals surface area contributed by atoms with Gasteiger partial charge in [0.2, 0.25) is 0 Å². The van der Waals surface area contributed by atoms with E-state index in [0.717, 1.165) is 18.5 Å². The lowest BCUT2D eigenvalue weighted by atomic mass is 10.5. The van der Waals surface area contributed by atoms with Gasteiger partial charge in [-0.15, -0.1) is 0 Å². The Morgan fingerprint density at radius 3 is 1.45 bits per heavy atom. The molecule has 0 atom stereocenters. The zero-order chi connectivity index (χ0) is 17.3. The van der Waals surface area contributed by atoms with Crippen LogP contribution in [0.15, 0.2) is 0 Å². The average molecular weight is 351 g/mol. The smallest absolute Gasteiger partial charge is 0.335 e. The molecule has 0 amide bonds. The van der Waals surface area contributed by atoms with Crippen LogP contribution in [0.25, 0.3) is 0 Å². The lowest BCUT2D eigenvalue weighted by molar-refractivity contribution is 0.108. The maximum atomic E-state index is 6.14. The highest BCUT2D eigenvalue weighted by atomic mass is 28.4. The first kappa shape index (κ1) is 22.3. The lowest BCUT2D eigenvalue weighted by Gasteiger charge is -2.31. The summed E-state index contributed by atoms with van der Waals surface area (Å²) < 4.78 is 24.3. The van der Waals surface area contributed by atoms with E-state index in [1.54, 1.807) is 0 Å². The summed E-state index contributed by atoms with van der Waals surface area (Å²) in [6.07, 6.45) is 1.94. The van der Waals surface area contributed by atoms with E-state index in [2.05, 4.69) is 61.9 Å². The molecule has 0 N–H and O–H groups in total. The summed E-state index contributed by atoms with van der Waals surface area (Å²) in [6.45, 7) is 18.8. The van der Waals surface area contributed by atoms with Crippen LogP contribution in [0.2, 0.25) is 18.6 Å². The Morgan fingerprint density at radius 1 is 0.727 bits per heavy atom. The third-order valence-electron chi connectivity index (χ3n) is 2.89. The standard InChI is InChI=1S/C16H38O4Si2/c1-13(2)17-21(18-14(3)4)11-10-12-22(9,19-15(5)6)20-16(7)8/h13-16,21H,10-12H2,1-9H3. The van der Waals surface area contributed by atoms with Crippen LogP contribution in [0.1, 0.15) is 61.8 Å². The molecule has 0 unspecified atom stereocenters. The van der Waals surface area contributed by atoms with E-state index in [0.29, 0.717) is 0 Å². The zero-order valence-electron chi connectivity index (χ0n) is 16.1. The van der Waals surface area contributed by atoms with E-state index in [1.807, 2.05) is 0 Å². The molecule has 0 fully saturated rings. The quantitative estimate of drug-likeness (QED) is 0.490. The highest BCUT2D eigenvalue weighted by Gasteiger charge is 2.34. The SMILES string of the molecule is CC(C)O[SiH](CCC[Si](C)(OC(C)C)OC(C)C)OC(C)C. The van der Waals surface area contributed by atoms with Crippen LogP contribution in [0.3, 0.4) is 0 Å². The van der Waals surface area contributed by atoms with Gasteiger partial charge in [-0.1, -0.05) is 0 Å². The molecule has 134 valence electrons. The first-order valence-electron chi connectivity index (χ1n) is 8.70. The Labute approximate surface area is 141 Å². The van der Waals surface area contributed by atoms with Gasteiger partial charge in [0.05, 0.1) is 0 Å². The number of rotatable bonds is 12. The zero-order valence-corrected chi connectivity index (χ0v) is 18.3. The van der Waals surface area contributed by atoms with Crippen LogP contribution >= 0.6 is 0 Å². The van der Waals surface area contributed by atoms with E-state index in [4.69, 9.17) is 17.7 Å². The number of hydrogen-bond donors (Lipinski definition) is 0. The van der Waals surface area contributed by atoms with Crippen molar-refractivity contribution >= 4 is 17.8 Å². The highest BCUT2D eigenvalue weighted by molar-refractivity contribution is 6.66. The fourth-order valence-electron chi connectivity index (χ4n) is 2.51. The predicted octanol–water partition coefficient (Wildman–Crippen LogP) is 4.37. The minimum atomic E-state index is -2.11. The fourth-order valence-corrected chi connectivity index (χ4v) is 8.14. The lowest BCUT2D eigenvalue weighted by Crippen LogP contribution is -2.43. The van der Waals surface area contributed by atoms with Crippen LogP contribution in [-0.2, 0) is 17.7 Å². The Hall–Kier alpha value is 0.274. The third kappa shape index (κ3) is 11.8. The van der Waals surface area contributed by atoms with Crippen LogP contribution in [-0.4, -0.2) is 42.3 Å². The Bertz CT molecular complexity index is 263. The molecule has 6 heteroatoms. The maximum absolute atomic E-state index is 6.14.